The van der Waals surface area contributed by atoms with Crippen LogP contribution in [0.15, 0.2) is 0 Å². The monoisotopic (exact) mass is 1750 g/mol. The average Bonchev–Trinajstić information content (AvgIpc) is 1.72. The van der Waals surface area contributed by atoms with Crippen LogP contribution in [0.4, 0.5) is 0 Å². The van der Waals surface area contributed by atoms with Crippen molar-refractivity contribution in [2.75, 3.05) is 106 Å². The van der Waals surface area contributed by atoms with Gasteiger partial charge in [-0.15, -0.1) is 0 Å². The van der Waals surface area contributed by atoms with Gasteiger partial charge < -0.3 is 153 Å². The van der Waals surface area contributed by atoms with Crippen LogP contribution in [0.3, 0.4) is 0 Å². The fourth-order valence-electron chi connectivity index (χ4n) is 13.0. The Bertz CT molecular complexity index is 3200. The van der Waals surface area contributed by atoms with Gasteiger partial charge in [-0.25, -0.2) is 0 Å². The molecule has 0 saturated carbocycles. The minimum Gasteiger partial charge on any atom is -0.394 e. The molecule has 5 fully saturated rings. The number of carbonyl (C=O) groups excluding carboxylic acids is 11. The second kappa shape index (κ2) is 53.8. The summed E-state index contributed by atoms with van der Waals surface area (Å²) in [7, 11) is -7.89. The molecule has 17 N–H and O–H groups in total. The summed E-state index contributed by atoms with van der Waals surface area (Å²) in [6.45, 7) is 6.78. The third kappa shape index (κ3) is 38.0. The van der Waals surface area contributed by atoms with Crippen molar-refractivity contribution < 1.29 is 179 Å². The number of rotatable bonds is 55. The van der Waals surface area contributed by atoms with E-state index in [0.29, 0.717) is 6.42 Å². The van der Waals surface area contributed by atoms with E-state index in [4.69, 9.17) is 66.0 Å². The highest BCUT2D eigenvalue weighted by Crippen LogP contribution is 2.50. The molecule has 5 saturated heterocycles. The Hall–Kier alpha value is -5.30. The Morgan fingerprint density at radius 2 is 0.941 bits per heavy atom. The van der Waals surface area contributed by atoms with E-state index >= 15 is 0 Å². The van der Waals surface area contributed by atoms with E-state index in [9.17, 15) is 113 Å². The minimum absolute atomic E-state index is 0.0224. The van der Waals surface area contributed by atoms with Crippen LogP contribution in [0.2, 0.25) is 0 Å². The van der Waals surface area contributed by atoms with Crippen LogP contribution in [0.1, 0.15) is 158 Å². The molecule has 0 aromatic heterocycles. The van der Waals surface area contributed by atoms with Gasteiger partial charge in [0, 0.05) is 117 Å². The molecule has 0 bridgehead atoms. The number of ether oxygens (including phenoxy) is 10. The van der Waals surface area contributed by atoms with Crippen molar-refractivity contribution in [3.8, 4) is 0 Å². The van der Waals surface area contributed by atoms with E-state index in [1.807, 2.05) is 6.92 Å². The molecule has 0 aromatic carbocycles. The quantitative estimate of drug-likeness (QED) is 0.0202. The van der Waals surface area contributed by atoms with Crippen molar-refractivity contribution >= 4 is 85.8 Å². The summed E-state index contributed by atoms with van der Waals surface area (Å²) < 4.78 is 86.0. The fraction of sp³-hybridized carbons (Fsp3) is 0.838. The number of hydrogen-bond donors (Lipinski definition) is 17. The molecule has 0 aliphatic carbocycles. The van der Waals surface area contributed by atoms with Gasteiger partial charge in [0.25, 0.3) is 0 Å². The number of carbonyl (C=O) groups is 11. The van der Waals surface area contributed by atoms with Crippen molar-refractivity contribution in [3.63, 3.8) is 0 Å². The molecule has 5 aliphatic rings. The van der Waals surface area contributed by atoms with Crippen molar-refractivity contribution in [2.45, 2.75) is 292 Å². The Balaban J connectivity index is 0.00000116. The maximum atomic E-state index is 14.0. The summed E-state index contributed by atoms with van der Waals surface area (Å²) in [6.07, 6.45) is -15.3. The number of nitrogens with zero attached hydrogens (tertiary/aromatic N) is 1. The Kier molecular flexibility index (Phi) is 47.9. The second-order valence-corrected chi connectivity index (χ2v) is 34.5. The van der Waals surface area contributed by atoms with Crippen LogP contribution >= 0.6 is 15.2 Å². The zero-order valence-corrected chi connectivity index (χ0v) is 70.7. The molecular formula is C74H128N6O37P2. The molecule has 0 spiro atoms. The largest absolute Gasteiger partial charge is 0.394 e. The molecule has 0 aromatic rings. The first kappa shape index (κ1) is 106. The standard InChI is InChI=1S/C60H103N5O30P2.C14H25NO7/c1-35(2)97(83,84)91-31-48-45(25-37(4)92-48)95-96(7,82)90-30-40-26-44(74)27-65(40)51(77)12-11-50(76)64-60(32-85-20-14-36(3)68,33-86-21-15-41(71)9-8-10-42(72)16-23-88-58-52(62-38(5)69)56(80)54(78)46(28-66)93-58)34-87-22-18-49(75)61-19-13-43(73)17-24-89-59-53(63-39(6)70)57(81)55(79)47(29-67)94-59;1-3-4-9(18)5-6-21-14-11(15-8(2)17)13(20)12(19)10(7-16)22-14/h35,37,40,44-48,52-59,66-67,74,78-82H,7-34H2,1-6H3,(H,61,75)(H,62,69)(H,63,70)(H,64,76)(H,83,84);10-14,16,19-20H,3-7H2,1-2H3,(H,15,17)/t37-,40-,44+,45-,46?,47?,48+,52?,53?,54-,55-,56+,57+,58+,59+,60?,96?;10?,11?,12-,13+,14+/m00/s1. The fourth-order valence-corrected chi connectivity index (χ4v) is 14.8. The van der Waals surface area contributed by atoms with Crippen molar-refractivity contribution in [3.05, 3.63) is 0 Å². The number of amides is 6. The third-order valence-electron chi connectivity index (χ3n) is 19.6. The summed E-state index contributed by atoms with van der Waals surface area (Å²) >= 11 is 0. The lowest BCUT2D eigenvalue weighted by Gasteiger charge is -2.42. The number of aliphatic hydroxyl groups is 10. The number of ketones is 5. The molecule has 0 radical (unpaired) electrons. The van der Waals surface area contributed by atoms with E-state index in [2.05, 4.69) is 32.9 Å². The SMILES string of the molecule is C=P(O)(OC[C@@H]1C[C@@H](O)CN1C(=O)CCC(=O)NC(COCCC(C)=O)(COCCC(=O)CCCC(=O)CCO[C@@H]1OC(CO)[C@H](O)[C@H](O)C1NC(C)=O)COCCC(=O)NCCC(=O)CCO[C@@H]1OC(CO)[C@H](O)[C@H](O)C1NC(C)=O)O[C@H]1C[C@H](C)O[C@@H]1COP(=O)(O)C(C)C.CCCC(=O)CCO[C@@H]1OC(CO)[C@H](O)[C@H](O)C1NC(C)=O. The van der Waals surface area contributed by atoms with Gasteiger partial charge in [-0.05, 0) is 39.4 Å². The van der Waals surface area contributed by atoms with Crippen molar-refractivity contribution in [1.29, 1.82) is 0 Å². The van der Waals surface area contributed by atoms with Crippen LogP contribution in [-0.4, -0.2) is 376 Å². The highest BCUT2D eigenvalue weighted by Gasteiger charge is 2.49. The smallest absolute Gasteiger partial charge is 0.330 e. The summed E-state index contributed by atoms with van der Waals surface area (Å²) in [5, 5.41) is 113. The van der Waals surface area contributed by atoms with Gasteiger partial charge in [0.15, 0.2) is 18.9 Å². The van der Waals surface area contributed by atoms with E-state index in [1.165, 1.54) is 46.4 Å². The van der Waals surface area contributed by atoms with E-state index in [0.717, 1.165) is 6.42 Å². The zero-order valence-electron chi connectivity index (χ0n) is 68.9. The summed E-state index contributed by atoms with van der Waals surface area (Å²) in [4.78, 5) is 160. The Morgan fingerprint density at radius 1 is 0.513 bits per heavy atom. The van der Waals surface area contributed by atoms with Gasteiger partial charge in [-0.1, -0.05) is 20.8 Å². The number of nitrogens with one attached hydrogen (secondary N) is 5. The normalized spacial score (nSPS) is 29.1. The molecule has 119 heavy (non-hydrogen) atoms. The first-order chi connectivity index (χ1) is 56.1. The topological polar surface area (TPSA) is 631 Å². The molecular weight excluding hydrogens is 1630 g/mol. The van der Waals surface area contributed by atoms with Gasteiger partial charge >= 0.3 is 7.60 Å². The molecule has 45 heteroatoms. The Labute approximate surface area is 691 Å². The summed E-state index contributed by atoms with van der Waals surface area (Å²) in [5.41, 5.74) is -2.30. The average molecular weight is 1760 g/mol. The predicted molar refractivity (Wildman–Crippen MR) is 414 cm³/mol. The maximum Gasteiger partial charge on any atom is 0.330 e. The first-order valence-corrected chi connectivity index (χ1v) is 43.3. The predicted octanol–water partition coefficient (Wildman–Crippen LogP) is -4.44. The van der Waals surface area contributed by atoms with E-state index in [-0.39, 0.29) is 191 Å². The van der Waals surface area contributed by atoms with Crippen LogP contribution in [0, 0.1) is 0 Å². The summed E-state index contributed by atoms with van der Waals surface area (Å²) in [6, 6.07) is -4.20. The molecule has 43 nitrogen and oxygen atoms in total. The third-order valence-corrected chi connectivity index (χ3v) is 22.5. The lowest BCUT2D eigenvalue weighted by atomic mass is 9.97. The molecule has 9 unspecified atom stereocenters. The van der Waals surface area contributed by atoms with Gasteiger partial charge in [-0.3, -0.25) is 57.3 Å². The van der Waals surface area contributed by atoms with E-state index < -0.39 is 217 Å². The highest BCUT2D eigenvalue weighted by atomic mass is 31.2. The zero-order chi connectivity index (χ0) is 88.9. The minimum atomic E-state index is -3.98. The van der Waals surface area contributed by atoms with Crippen molar-refractivity contribution in [2.24, 2.45) is 0 Å². The van der Waals surface area contributed by atoms with Gasteiger partial charge in [0.05, 0.1) is 123 Å². The van der Waals surface area contributed by atoms with Gasteiger partial charge in [0.2, 0.25) is 43.0 Å². The molecule has 6 amide bonds. The van der Waals surface area contributed by atoms with Gasteiger partial charge in [0.1, 0.15) is 114 Å². The first-order valence-electron chi connectivity index (χ1n) is 39.9. The maximum absolute atomic E-state index is 14.0. The molecule has 5 heterocycles. The number of likely N-dealkylation sites (tertiary alicyclic amines) is 1. The van der Waals surface area contributed by atoms with Crippen LogP contribution < -0.4 is 26.6 Å². The summed E-state index contributed by atoms with van der Waals surface area (Å²) in [5.74, 6) is -4.49. The van der Waals surface area contributed by atoms with Crippen LogP contribution in [0.5, 0.6) is 0 Å². The van der Waals surface area contributed by atoms with E-state index in [1.54, 1.807) is 6.92 Å². The molecule has 686 valence electrons. The number of β-amino-alcohol motifs (C(OH)–C–C–N with tert-alkyl or cyclic N) is 1. The van der Waals surface area contributed by atoms with Crippen LogP contribution in [-0.2, 0) is 118 Å². The number of hydrogen-bond acceptors (Lipinski definition) is 36. The number of Topliss-reactive ketones (excluding diaryl/α,β-unsaturated/α-hetero) is 5. The van der Waals surface area contributed by atoms with Gasteiger partial charge in [-0.2, -0.15) is 0 Å². The highest BCUT2D eigenvalue weighted by molar-refractivity contribution is 7.58. The molecule has 5 aliphatic heterocycles. The second-order valence-electron chi connectivity index (χ2n) is 30.3. The lowest BCUT2D eigenvalue weighted by Crippen LogP contribution is -2.64. The van der Waals surface area contributed by atoms with Crippen molar-refractivity contribution in [1.82, 2.24) is 31.5 Å². The molecule has 5 rings (SSSR count). The Morgan fingerprint density at radius 3 is 1.37 bits per heavy atom. The lowest BCUT2D eigenvalue weighted by molar-refractivity contribution is -0.269. The number of aliphatic hydroxyl groups excluding tert-OH is 10. The molecule has 23 atom stereocenters. The van der Waals surface area contributed by atoms with Crippen LogP contribution in [0.25, 0.3) is 0 Å².